The number of rotatable bonds is 4. The topological polar surface area (TPSA) is 90.1 Å². The first-order valence-electron chi connectivity index (χ1n) is 8.95. The van der Waals surface area contributed by atoms with E-state index in [1.165, 1.54) is 0 Å². The normalized spacial score (nSPS) is 25.6. The molecule has 0 atom stereocenters. The van der Waals surface area contributed by atoms with E-state index in [1.807, 2.05) is 19.1 Å². The quantitative estimate of drug-likeness (QED) is 0.744. The SMILES string of the molecule is CCOC(=O)c1cnc2nc(C)ccc2c1NC1CC2(CC(N)C2)C1.Cl.Cl. The van der Waals surface area contributed by atoms with Gasteiger partial charge in [-0.3, -0.25) is 0 Å². The number of aryl methyl sites for hydroxylation is 1. The van der Waals surface area contributed by atoms with Gasteiger partial charge >= 0.3 is 5.97 Å². The molecule has 0 saturated heterocycles. The Hall–Kier alpha value is -1.63. The van der Waals surface area contributed by atoms with E-state index >= 15 is 0 Å². The van der Waals surface area contributed by atoms with E-state index in [4.69, 9.17) is 10.5 Å². The highest BCUT2D eigenvalue weighted by molar-refractivity contribution is 6.04. The van der Waals surface area contributed by atoms with Crippen LogP contribution in [-0.4, -0.2) is 34.6 Å². The van der Waals surface area contributed by atoms with Crippen molar-refractivity contribution in [2.75, 3.05) is 11.9 Å². The Balaban J connectivity index is 0.00000131. The number of aromatic nitrogens is 2. The summed E-state index contributed by atoms with van der Waals surface area (Å²) < 4.78 is 5.21. The lowest BCUT2D eigenvalue weighted by atomic mass is 9.52. The fourth-order valence-electron chi connectivity index (χ4n) is 4.37. The number of fused-ring (bicyclic) bond motifs is 1. The summed E-state index contributed by atoms with van der Waals surface area (Å²) in [6.45, 7) is 4.08. The molecule has 2 aromatic rings. The highest BCUT2D eigenvalue weighted by Crippen LogP contribution is 2.56. The van der Waals surface area contributed by atoms with Gasteiger partial charge in [-0.25, -0.2) is 14.8 Å². The Morgan fingerprint density at radius 1 is 1.30 bits per heavy atom. The number of halogens is 2. The highest BCUT2D eigenvalue weighted by Gasteiger charge is 2.51. The second-order valence-corrected chi connectivity index (χ2v) is 7.51. The van der Waals surface area contributed by atoms with Crippen molar-refractivity contribution in [1.29, 1.82) is 0 Å². The average molecular weight is 413 g/mol. The number of pyridine rings is 2. The molecule has 0 radical (unpaired) electrons. The molecule has 8 heteroatoms. The molecular weight excluding hydrogens is 387 g/mol. The Kier molecular flexibility index (Phi) is 6.55. The predicted octanol–water partition coefficient (Wildman–Crippen LogP) is 3.64. The van der Waals surface area contributed by atoms with Gasteiger partial charge in [0.1, 0.15) is 5.56 Å². The number of ether oxygens (including phenoxy) is 1. The summed E-state index contributed by atoms with van der Waals surface area (Å²) in [7, 11) is 0. The molecule has 6 nitrogen and oxygen atoms in total. The van der Waals surface area contributed by atoms with Crippen LogP contribution in [0.4, 0.5) is 5.69 Å². The zero-order valence-electron chi connectivity index (χ0n) is 15.5. The van der Waals surface area contributed by atoms with Crippen molar-refractivity contribution < 1.29 is 9.53 Å². The average Bonchev–Trinajstić information content (AvgIpc) is 2.51. The van der Waals surface area contributed by atoms with Crippen molar-refractivity contribution in [3.05, 3.63) is 29.6 Å². The zero-order chi connectivity index (χ0) is 17.6. The molecule has 2 aliphatic carbocycles. The smallest absolute Gasteiger partial charge is 0.341 e. The molecule has 2 fully saturated rings. The minimum absolute atomic E-state index is 0. The van der Waals surface area contributed by atoms with E-state index in [-0.39, 0.29) is 30.8 Å². The van der Waals surface area contributed by atoms with Crippen LogP contribution in [0.3, 0.4) is 0 Å². The van der Waals surface area contributed by atoms with Gasteiger partial charge in [-0.05, 0) is 57.1 Å². The number of anilines is 1. The Labute approximate surface area is 171 Å². The van der Waals surface area contributed by atoms with Crippen LogP contribution >= 0.6 is 24.8 Å². The summed E-state index contributed by atoms with van der Waals surface area (Å²) in [4.78, 5) is 21.2. The van der Waals surface area contributed by atoms with Gasteiger partial charge in [0.05, 0.1) is 12.3 Å². The van der Waals surface area contributed by atoms with Crippen LogP contribution in [0.5, 0.6) is 0 Å². The summed E-state index contributed by atoms with van der Waals surface area (Å²) in [6, 6.07) is 4.64. The number of hydrogen-bond acceptors (Lipinski definition) is 6. The molecule has 0 amide bonds. The van der Waals surface area contributed by atoms with E-state index in [9.17, 15) is 4.79 Å². The molecule has 0 bridgehead atoms. The van der Waals surface area contributed by atoms with Crippen LogP contribution in [0.25, 0.3) is 11.0 Å². The van der Waals surface area contributed by atoms with Crippen molar-refractivity contribution >= 4 is 47.5 Å². The van der Waals surface area contributed by atoms with Gasteiger partial charge in [-0.15, -0.1) is 24.8 Å². The van der Waals surface area contributed by atoms with Crippen molar-refractivity contribution in [3.63, 3.8) is 0 Å². The number of carbonyl (C=O) groups excluding carboxylic acids is 1. The maximum atomic E-state index is 12.4. The van der Waals surface area contributed by atoms with E-state index in [1.54, 1.807) is 13.1 Å². The third-order valence-corrected chi connectivity index (χ3v) is 5.46. The van der Waals surface area contributed by atoms with Crippen LogP contribution in [0.1, 0.15) is 48.7 Å². The molecule has 2 aliphatic rings. The van der Waals surface area contributed by atoms with Gasteiger partial charge in [0.2, 0.25) is 0 Å². The number of nitrogens with two attached hydrogens (primary N) is 1. The molecule has 2 saturated carbocycles. The molecule has 3 N–H and O–H groups in total. The number of hydrogen-bond donors (Lipinski definition) is 2. The van der Waals surface area contributed by atoms with E-state index in [2.05, 4.69) is 15.3 Å². The van der Waals surface area contributed by atoms with Crippen molar-refractivity contribution in [1.82, 2.24) is 9.97 Å². The maximum absolute atomic E-state index is 12.4. The fourth-order valence-corrected chi connectivity index (χ4v) is 4.37. The monoisotopic (exact) mass is 412 g/mol. The second kappa shape index (κ2) is 8.17. The minimum atomic E-state index is -0.348. The molecule has 0 aliphatic heterocycles. The van der Waals surface area contributed by atoms with Gasteiger partial charge in [-0.1, -0.05) is 0 Å². The van der Waals surface area contributed by atoms with Crippen molar-refractivity contribution in [2.45, 2.75) is 51.6 Å². The first kappa shape index (κ1) is 21.7. The van der Waals surface area contributed by atoms with Crippen molar-refractivity contribution in [2.24, 2.45) is 11.1 Å². The third kappa shape index (κ3) is 3.98. The zero-order valence-corrected chi connectivity index (χ0v) is 17.2. The maximum Gasteiger partial charge on any atom is 0.341 e. The summed E-state index contributed by atoms with van der Waals surface area (Å²) >= 11 is 0. The Morgan fingerprint density at radius 3 is 2.63 bits per heavy atom. The number of nitrogens with one attached hydrogen (secondary N) is 1. The lowest BCUT2D eigenvalue weighted by molar-refractivity contribution is 0.00122. The van der Waals surface area contributed by atoms with Crippen LogP contribution < -0.4 is 11.1 Å². The van der Waals surface area contributed by atoms with E-state index in [0.717, 1.165) is 42.5 Å². The molecule has 1 spiro atoms. The molecule has 148 valence electrons. The highest BCUT2D eigenvalue weighted by atomic mass is 35.5. The number of esters is 1. The van der Waals surface area contributed by atoms with Crippen LogP contribution in [0.2, 0.25) is 0 Å². The standard InChI is InChI=1S/C19H24N4O2.2ClH/c1-3-25-18(24)15-10-21-17-14(5-4-11(2)22-17)16(15)23-13-8-19(9-13)6-12(20)7-19;;/h4-5,10,12-13H,3,6-9,20H2,1-2H3,(H,21,22,23);2*1H. The largest absolute Gasteiger partial charge is 0.462 e. The molecule has 27 heavy (non-hydrogen) atoms. The van der Waals surface area contributed by atoms with E-state index < -0.39 is 0 Å². The molecule has 2 aromatic heterocycles. The molecule has 0 aromatic carbocycles. The Morgan fingerprint density at radius 2 is 2.00 bits per heavy atom. The van der Waals surface area contributed by atoms with Gasteiger partial charge in [-0.2, -0.15) is 0 Å². The first-order valence-corrected chi connectivity index (χ1v) is 8.95. The van der Waals surface area contributed by atoms with Crippen molar-refractivity contribution in [3.8, 4) is 0 Å². The van der Waals surface area contributed by atoms with Crippen LogP contribution in [0.15, 0.2) is 18.3 Å². The van der Waals surface area contributed by atoms with Crippen LogP contribution in [-0.2, 0) is 4.74 Å². The molecule has 4 rings (SSSR count). The lowest BCUT2D eigenvalue weighted by Crippen LogP contribution is -2.57. The van der Waals surface area contributed by atoms with Gasteiger partial charge in [0.15, 0.2) is 5.65 Å². The first-order chi connectivity index (χ1) is 12.0. The van der Waals surface area contributed by atoms with Crippen LogP contribution in [0, 0.1) is 12.3 Å². The summed E-state index contributed by atoms with van der Waals surface area (Å²) in [5, 5.41) is 4.43. The molecule has 0 unspecified atom stereocenters. The summed E-state index contributed by atoms with van der Waals surface area (Å²) in [5.41, 5.74) is 9.20. The molecular formula is C19H26Cl2N4O2. The van der Waals surface area contributed by atoms with Gasteiger partial charge in [0.25, 0.3) is 0 Å². The lowest BCUT2D eigenvalue weighted by Gasteiger charge is -2.57. The number of carbonyl (C=O) groups is 1. The predicted molar refractivity (Wildman–Crippen MR) is 111 cm³/mol. The van der Waals surface area contributed by atoms with E-state index in [0.29, 0.717) is 35.3 Å². The summed E-state index contributed by atoms with van der Waals surface area (Å²) in [6.07, 6.45) is 6.02. The van der Waals surface area contributed by atoms with Gasteiger partial charge < -0.3 is 15.8 Å². The minimum Gasteiger partial charge on any atom is -0.462 e. The van der Waals surface area contributed by atoms with Gasteiger partial charge in [0, 0.05) is 29.4 Å². The number of nitrogens with zero attached hydrogens (tertiary/aromatic N) is 2. The summed E-state index contributed by atoms with van der Waals surface area (Å²) in [5.74, 6) is -0.348. The second-order valence-electron chi connectivity index (χ2n) is 7.51. The Bertz CT molecular complexity index is 832. The third-order valence-electron chi connectivity index (χ3n) is 5.46. The fraction of sp³-hybridized carbons (Fsp3) is 0.526. The molecule has 2 heterocycles.